The average molecular weight is 229 g/mol. The van der Waals surface area contributed by atoms with Crippen molar-refractivity contribution in [2.75, 3.05) is 18.1 Å². The number of rotatable bonds is 1. The summed E-state index contributed by atoms with van der Waals surface area (Å²) in [5.74, 6) is 0. The van der Waals surface area contributed by atoms with Crippen LogP contribution in [0.25, 0.3) is 0 Å². The van der Waals surface area contributed by atoms with Gasteiger partial charge in [-0.25, -0.2) is 0 Å². The van der Waals surface area contributed by atoms with Crippen LogP contribution in [0, 0.1) is 0 Å². The topological polar surface area (TPSA) is 15.3 Å². The lowest BCUT2D eigenvalue weighted by Gasteiger charge is -2.25. The fourth-order valence-corrected chi connectivity index (χ4v) is 2.03. The van der Waals surface area contributed by atoms with Crippen LogP contribution in [0.1, 0.15) is 0 Å². The Kier molecular flexibility index (Phi) is 2.96. The van der Waals surface area contributed by atoms with Crippen molar-refractivity contribution in [3.63, 3.8) is 0 Å². The summed E-state index contributed by atoms with van der Waals surface area (Å²) in [6, 6.07) is 5.52. The van der Waals surface area contributed by atoms with Crippen LogP contribution in [-0.4, -0.2) is 13.2 Å². The van der Waals surface area contributed by atoms with Crippen LogP contribution in [-0.2, 0) is 0 Å². The highest BCUT2D eigenvalue weighted by atomic mass is 35.5. The summed E-state index contributed by atoms with van der Waals surface area (Å²) in [5.41, 5.74) is 0.860. The van der Waals surface area contributed by atoms with Crippen LogP contribution < -0.4 is 10.2 Å². The van der Waals surface area contributed by atoms with Crippen molar-refractivity contribution < 1.29 is 0 Å². The number of halogens is 2. The van der Waals surface area contributed by atoms with E-state index in [1.807, 2.05) is 35.4 Å². The Morgan fingerprint density at radius 3 is 2.50 bits per heavy atom. The predicted molar refractivity (Wildman–Crippen MR) is 61.0 cm³/mol. The molecule has 2 rings (SSSR count). The Morgan fingerprint density at radius 2 is 1.93 bits per heavy atom. The lowest BCUT2D eigenvalue weighted by Crippen LogP contribution is -2.34. The van der Waals surface area contributed by atoms with Gasteiger partial charge in [0.15, 0.2) is 0 Å². The lowest BCUT2D eigenvalue weighted by molar-refractivity contribution is 0.722. The van der Waals surface area contributed by atoms with E-state index in [1.54, 1.807) is 0 Å². The van der Waals surface area contributed by atoms with Gasteiger partial charge in [0.2, 0.25) is 0 Å². The van der Waals surface area contributed by atoms with Crippen molar-refractivity contribution in [3.05, 3.63) is 40.5 Å². The number of hydrogen-bond donors (Lipinski definition) is 1. The molecule has 0 atom stereocenters. The minimum absolute atomic E-state index is 0.672. The quantitative estimate of drug-likeness (QED) is 0.796. The lowest BCUT2D eigenvalue weighted by atomic mass is 10.3. The van der Waals surface area contributed by atoms with E-state index >= 15 is 0 Å². The monoisotopic (exact) mass is 228 g/mol. The number of para-hydroxylation sites is 1. The van der Waals surface area contributed by atoms with Gasteiger partial charge in [-0.3, -0.25) is 5.32 Å². The standard InChI is InChI=1S/C10H10Cl2N2/c11-8-3-1-4-9(12)10(8)14-6-2-5-13-7-14/h1-4,6,13H,5,7H2. The minimum Gasteiger partial charge on any atom is -0.333 e. The Bertz CT molecular complexity index is 343. The van der Waals surface area contributed by atoms with Crippen LogP contribution in [0.5, 0.6) is 0 Å². The third kappa shape index (κ3) is 1.87. The van der Waals surface area contributed by atoms with Crippen LogP contribution in [0.15, 0.2) is 30.5 Å². The molecule has 0 radical (unpaired) electrons. The van der Waals surface area contributed by atoms with E-state index in [-0.39, 0.29) is 0 Å². The highest BCUT2D eigenvalue weighted by molar-refractivity contribution is 6.39. The first-order chi connectivity index (χ1) is 6.79. The summed E-state index contributed by atoms with van der Waals surface area (Å²) in [5, 5.41) is 4.55. The number of hydrogen-bond acceptors (Lipinski definition) is 2. The van der Waals surface area contributed by atoms with Gasteiger partial charge in [-0.05, 0) is 12.1 Å². The molecule has 0 amide bonds. The Balaban J connectivity index is 2.39. The normalized spacial score (nSPS) is 16.0. The highest BCUT2D eigenvalue weighted by Gasteiger charge is 2.12. The van der Waals surface area contributed by atoms with Gasteiger partial charge in [-0.1, -0.05) is 35.3 Å². The van der Waals surface area contributed by atoms with Crippen molar-refractivity contribution >= 4 is 28.9 Å². The number of nitrogens with one attached hydrogen (secondary N) is 1. The summed E-state index contributed by atoms with van der Waals surface area (Å²) >= 11 is 12.2. The highest BCUT2D eigenvalue weighted by Crippen LogP contribution is 2.33. The summed E-state index contributed by atoms with van der Waals surface area (Å²) in [6.07, 6.45) is 4.02. The first-order valence-corrected chi connectivity index (χ1v) is 5.12. The predicted octanol–water partition coefficient (Wildman–Crippen LogP) is 2.87. The molecule has 1 aliphatic rings. The van der Waals surface area contributed by atoms with Crippen LogP contribution >= 0.6 is 23.2 Å². The van der Waals surface area contributed by atoms with Crippen LogP contribution in [0.2, 0.25) is 10.0 Å². The molecule has 0 spiro atoms. The Labute approximate surface area is 93.1 Å². The van der Waals surface area contributed by atoms with E-state index in [9.17, 15) is 0 Å². The van der Waals surface area contributed by atoms with Crippen molar-refractivity contribution in [2.45, 2.75) is 0 Å². The van der Waals surface area contributed by atoms with Crippen LogP contribution in [0.3, 0.4) is 0 Å². The van der Waals surface area contributed by atoms with Gasteiger partial charge in [0, 0.05) is 12.7 Å². The van der Waals surface area contributed by atoms with Gasteiger partial charge in [0.1, 0.15) is 0 Å². The molecule has 0 fully saturated rings. The van der Waals surface area contributed by atoms with E-state index in [2.05, 4.69) is 5.32 Å². The molecule has 2 nitrogen and oxygen atoms in total. The molecule has 0 saturated heterocycles. The first-order valence-electron chi connectivity index (χ1n) is 4.37. The van der Waals surface area contributed by atoms with E-state index in [4.69, 9.17) is 23.2 Å². The Hall–Kier alpha value is -0.700. The summed E-state index contributed by atoms with van der Waals surface area (Å²) in [4.78, 5) is 1.99. The molecule has 0 bridgehead atoms. The maximum atomic E-state index is 6.08. The van der Waals surface area contributed by atoms with Gasteiger partial charge in [0.25, 0.3) is 0 Å². The maximum Gasteiger partial charge on any atom is 0.0795 e. The second-order valence-corrected chi connectivity index (χ2v) is 3.85. The van der Waals surface area contributed by atoms with E-state index < -0.39 is 0 Å². The number of benzene rings is 1. The fourth-order valence-electron chi connectivity index (χ4n) is 1.42. The van der Waals surface area contributed by atoms with Gasteiger partial charge in [-0.15, -0.1) is 0 Å². The molecule has 74 valence electrons. The largest absolute Gasteiger partial charge is 0.333 e. The summed E-state index contributed by atoms with van der Waals surface area (Å²) < 4.78 is 0. The minimum atomic E-state index is 0.672. The van der Waals surface area contributed by atoms with Crippen molar-refractivity contribution in [3.8, 4) is 0 Å². The molecule has 0 aliphatic carbocycles. The first kappa shape index (κ1) is 9.84. The van der Waals surface area contributed by atoms with Gasteiger partial charge in [0.05, 0.1) is 22.4 Å². The number of nitrogens with zero attached hydrogens (tertiary/aromatic N) is 1. The molecule has 0 unspecified atom stereocenters. The SMILES string of the molecule is Clc1cccc(Cl)c1N1C=CCNC1. The maximum absolute atomic E-state index is 6.08. The molecule has 1 aliphatic heterocycles. The summed E-state index contributed by atoms with van der Waals surface area (Å²) in [7, 11) is 0. The zero-order chi connectivity index (χ0) is 9.97. The second kappa shape index (κ2) is 4.22. The molecule has 1 aromatic rings. The average Bonchev–Trinajstić information content (AvgIpc) is 2.19. The van der Waals surface area contributed by atoms with E-state index in [0.29, 0.717) is 10.0 Å². The van der Waals surface area contributed by atoms with Gasteiger partial charge < -0.3 is 4.90 Å². The molecule has 1 heterocycles. The zero-order valence-electron chi connectivity index (χ0n) is 7.50. The third-order valence-electron chi connectivity index (χ3n) is 2.05. The molecule has 0 saturated carbocycles. The zero-order valence-corrected chi connectivity index (χ0v) is 9.02. The van der Waals surface area contributed by atoms with Crippen molar-refractivity contribution in [2.24, 2.45) is 0 Å². The third-order valence-corrected chi connectivity index (χ3v) is 2.66. The van der Waals surface area contributed by atoms with E-state index in [1.165, 1.54) is 0 Å². The molecular formula is C10H10Cl2N2. The molecule has 1 N–H and O–H groups in total. The fraction of sp³-hybridized carbons (Fsp3) is 0.200. The molecule has 14 heavy (non-hydrogen) atoms. The molecule has 0 aromatic heterocycles. The van der Waals surface area contributed by atoms with Gasteiger partial charge >= 0.3 is 0 Å². The Morgan fingerprint density at radius 1 is 1.21 bits per heavy atom. The molecule has 4 heteroatoms. The summed E-state index contributed by atoms with van der Waals surface area (Å²) in [6.45, 7) is 1.62. The number of anilines is 1. The van der Waals surface area contributed by atoms with Gasteiger partial charge in [-0.2, -0.15) is 0 Å². The van der Waals surface area contributed by atoms with E-state index in [0.717, 1.165) is 18.9 Å². The smallest absolute Gasteiger partial charge is 0.0795 e. The second-order valence-electron chi connectivity index (χ2n) is 3.04. The molecular weight excluding hydrogens is 219 g/mol. The van der Waals surface area contributed by atoms with Crippen LogP contribution in [0.4, 0.5) is 5.69 Å². The molecule has 1 aromatic carbocycles. The van der Waals surface area contributed by atoms with Crippen molar-refractivity contribution in [1.29, 1.82) is 0 Å². The van der Waals surface area contributed by atoms with Crippen molar-refractivity contribution in [1.82, 2.24) is 5.32 Å².